The van der Waals surface area contributed by atoms with Crippen LogP contribution in [0.25, 0.3) is 11.3 Å². The Hall–Kier alpha value is -2.88. The fourth-order valence-corrected chi connectivity index (χ4v) is 2.41. The number of nitrogens with zero attached hydrogens (tertiary/aromatic N) is 2. The molecule has 0 spiro atoms. The fraction of sp³-hybridized carbons (Fsp3) is 0.111. The van der Waals surface area contributed by atoms with Gasteiger partial charge in [0, 0.05) is 5.56 Å². The molecule has 0 saturated carbocycles. The minimum absolute atomic E-state index is 0.398. The van der Waals surface area contributed by atoms with Crippen molar-refractivity contribution < 1.29 is 4.79 Å². The number of carbonyl (C=O) groups is 1. The average molecular weight is 291 g/mol. The van der Waals surface area contributed by atoms with E-state index in [0.717, 1.165) is 23.0 Å². The normalized spacial score (nSPS) is 10.6. The predicted octanol–water partition coefficient (Wildman–Crippen LogP) is 3.30. The molecule has 110 valence electrons. The second-order valence-electron chi connectivity index (χ2n) is 5.27. The zero-order valence-electron chi connectivity index (χ0n) is 12.4. The Labute approximate surface area is 129 Å². The number of aryl methyl sites for hydroxylation is 1. The van der Waals surface area contributed by atoms with Gasteiger partial charge >= 0.3 is 0 Å². The van der Waals surface area contributed by atoms with Crippen molar-refractivity contribution in [1.82, 2.24) is 9.78 Å². The van der Waals surface area contributed by atoms with Crippen LogP contribution >= 0.6 is 0 Å². The van der Waals surface area contributed by atoms with E-state index in [-0.39, 0.29) is 0 Å². The Kier molecular flexibility index (Phi) is 3.74. The van der Waals surface area contributed by atoms with Crippen molar-refractivity contribution in [2.75, 3.05) is 5.73 Å². The monoisotopic (exact) mass is 291 g/mol. The van der Waals surface area contributed by atoms with Gasteiger partial charge in [-0.3, -0.25) is 4.79 Å². The van der Waals surface area contributed by atoms with E-state index in [9.17, 15) is 4.79 Å². The van der Waals surface area contributed by atoms with E-state index in [1.807, 2.05) is 61.5 Å². The van der Waals surface area contributed by atoms with Gasteiger partial charge in [0.25, 0.3) is 0 Å². The summed E-state index contributed by atoms with van der Waals surface area (Å²) < 4.78 is 1.67. The van der Waals surface area contributed by atoms with Crippen molar-refractivity contribution in [2.45, 2.75) is 13.5 Å². The molecule has 0 aliphatic heterocycles. The molecule has 2 N–H and O–H groups in total. The van der Waals surface area contributed by atoms with Gasteiger partial charge in [0.15, 0.2) is 6.29 Å². The smallest absolute Gasteiger partial charge is 0.156 e. The zero-order chi connectivity index (χ0) is 15.5. The first-order chi connectivity index (χ1) is 10.7. The molecule has 0 atom stereocenters. The number of rotatable bonds is 4. The van der Waals surface area contributed by atoms with E-state index in [0.29, 0.717) is 23.6 Å². The molecule has 22 heavy (non-hydrogen) atoms. The first kappa shape index (κ1) is 14.1. The molecular weight excluding hydrogens is 274 g/mol. The lowest BCUT2D eigenvalue weighted by Crippen LogP contribution is -2.06. The first-order valence-electron chi connectivity index (χ1n) is 7.11. The van der Waals surface area contributed by atoms with Gasteiger partial charge in [-0.25, -0.2) is 4.68 Å². The molecule has 0 bridgehead atoms. The Bertz CT molecular complexity index is 789. The topological polar surface area (TPSA) is 60.9 Å². The van der Waals surface area contributed by atoms with Crippen LogP contribution in [0.2, 0.25) is 0 Å². The maximum Gasteiger partial charge on any atom is 0.156 e. The highest BCUT2D eigenvalue weighted by molar-refractivity contribution is 5.91. The van der Waals surface area contributed by atoms with Gasteiger partial charge in [0.05, 0.1) is 12.1 Å². The van der Waals surface area contributed by atoms with Crippen molar-refractivity contribution in [3.63, 3.8) is 0 Å². The van der Waals surface area contributed by atoms with Crippen LogP contribution in [0.15, 0.2) is 54.6 Å². The van der Waals surface area contributed by atoms with E-state index in [1.165, 1.54) is 0 Å². The lowest BCUT2D eigenvalue weighted by molar-refractivity contribution is 0.112. The Morgan fingerprint density at radius 1 is 1.09 bits per heavy atom. The fourth-order valence-electron chi connectivity index (χ4n) is 2.41. The van der Waals surface area contributed by atoms with Crippen molar-refractivity contribution in [2.24, 2.45) is 0 Å². The highest BCUT2D eigenvalue weighted by Gasteiger charge is 2.16. The summed E-state index contributed by atoms with van der Waals surface area (Å²) in [7, 11) is 0. The third kappa shape index (κ3) is 2.63. The maximum absolute atomic E-state index is 11.4. The van der Waals surface area contributed by atoms with Gasteiger partial charge in [-0.15, -0.1) is 0 Å². The minimum atomic E-state index is 0.398. The van der Waals surface area contributed by atoms with Crippen LogP contribution in [0, 0.1) is 6.92 Å². The van der Waals surface area contributed by atoms with Gasteiger partial charge in [-0.05, 0) is 12.5 Å². The third-order valence-corrected chi connectivity index (χ3v) is 3.65. The molecule has 0 fully saturated rings. The molecule has 0 aliphatic rings. The van der Waals surface area contributed by atoms with Crippen LogP contribution in [0.1, 0.15) is 21.5 Å². The quantitative estimate of drug-likeness (QED) is 0.750. The molecule has 0 aliphatic carbocycles. The molecule has 1 aromatic heterocycles. The third-order valence-electron chi connectivity index (χ3n) is 3.65. The number of nitrogen functional groups attached to an aromatic ring is 1. The van der Waals surface area contributed by atoms with Crippen LogP contribution < -0.4 is 5.73 Å². The molecule has 3 aromatic rings. The van der Waals surface area contributed by atoms with E-state index in [1.54, 1.807) is 4.68 Å². The largest absolute Gasteiger partial charge is 0.383 e. The molecule has 3 rings (SSSR count). The summed E-state index contributed by atoms with van der Waals surface area (Å²) in [5, 5.41) is 4.54. The van der Waals surface area contributed by atoms with Crippen LogP contribution in [-0.4, -0.2) is 16.1 Å². The summed E-state index contributed by atoms with van der Waals surface area (Å²) in [4.78, 5) is 11.4. The number of aldehydes is 1. The second-order valence-corrected chi connectivity index (χ2v) is 5.27. The summed E-state index contributed by atoms with van der Waals surface area (Å²) in [6.07, 6.45) is 0.777. The minimum Gasteiger partial charge on any atom is -0.383 e. The van der Waals surface area contributed by atoms with Gasteiger partial charge < -0.3 is 5.73 Å². The maximum atomic E-state index is 11.4. The lowest BCUT2D eigenvalue weighted by atomic mass is 10.1. The van der Waals surface area contributed by atoms with Gasteiger partial charge in [0.1, 0.15) is 11.5 Å². The number of anilines is 1. The molecule has 0 unspecified atom stereocenters. The summed E-state index contributed by atoms with van der Waals surface area (Å²) in [6, 6.07) is 17.8. The van der Waals surface area contributed by atoms with E-state index in [4.69, 9.17) is 5.73 Å². The Morgan fingerprint density at radius 2 is 1.77 bits per heavy atom. The summed E-state index contributed by atoms with van der Waals surface area (Å²) >= 11 is 0. The molecule has 4 heteroatoms. The van der Waals surface area contributed by atoms with Crippen LogP contribution in [0.3, 0.4) is 0 Å². The van der Waals surface area contributed by atoms with Crippen molar-refractivity contribution in [3.8, 4) is 11.3 Å². The Morgan fingerprint density at radius 3 is 2.41 bits per heavy atom. The van der Waals surface area contributed by atoms with Crippen molar-refractivity contribution in [3.05, 3.63) is 71.3 Å². The summed E-state index contributed by atoms with van der Waals surface area (Å²) in [5.41, 5.74) is 10.3. The molecule has 1 heterocycles. The highest BCUT2D eigenvalue weighted by atomic mass is 16.1. The number of hydrogen-bond donors (Lipinski definition) is 1. The van der Waals surface area contributed by atoms with Crippen LogP contribution in [0.4, 0.5) is 5.82 Å². The van der Waals surface area contributed by atoms with Crippen molar-refractivity contribution >= 4 is 12.1 Å². The van der Waals surface area contributed by atoms with Gasteiger partial charge in [-0.1, -0.05) is 60.2 Å². The summed E-state index contributed by atoms with van der Waals surface area (Å²) in [6.45, 7) is 2.56. The zero-order valence-corrected chi connectivity index (χ0v) is 12.4. The number of benzene rings is 2. The summed E-state index contributed by atoms with van der Waals surface area (Å²) in [5.74, 6) is 0.398. The molecule has 0 radical (unpaired) electrons. The number of carbonyl (C=O) groups excluding carboxylic acids is 1. The molecule has 4 nitrogen and oxygen atoms in total. The second kappa shape index (κ2) is 5.85. The lowest BCUT2D eigenvalue weighted by Gasteiger charge is -2.03. The van der Waals surface area contributed by atoms with Crippen molar-refractivity contribution in [1.29, 1.82) is 0 Å². The van der Waals surface area contributed by atoms with Crippen LogP contribution in [-0.2, 0) is 6.54 Å². The molecule has 0 saturated heterocycles. The molecular formula is C18H17N3O. The average Bonchev–Trinajstić information content (AvgIpc) is 2.85. The van der Waals surface area contributed by atoms with E-state index >= 15 is 0 Å². The first-order valence-corrected chi connectivity index (χ1v) is 7.11. The number of aromatic nitrogens is 2. The predicted molar refractivity (Wildman–Crippen MR) is 87.7 cm³/mol. The highest BCUT2D eigenvalue weighted by Crippen LogP contribution is 2.26. The van der Waals surface area contributed by atoms with E-state index < -0.39 is 0 Å². The molecule has 2 aromatic carbocycles. The number of hydrogen-bond acceptors (Lipinski definition) is 3. The Balaban J connectivity index is 2.03. The SMILES string of the molecule is Cc1ccc(-c2nn(Cc3ccccc3)c(N)c2C=O)cc1. The van der Waals surface area contributed by atoms with Gasteiger partial charge in [-0.2, -0.15) is 5.10 Å². The number of nitrogens with two attached hydrogens (primary N) is 1. The molecule has 0 amide bonds. The standard InChI is InChI=1S/C18H17N3O/c1-13-7-9-15(10-8-13)17-16(12-22)18(19)21(20-17)11-14-5-3-2-4-6-14/h2-10,12H,11,19H2,1H3. The van der Waals surface area contributed by atoms with Crippen LogP contribution in [0.5, 0.6) is 0 Å². The van der Waals surface area contributed by atoms with Gasteiger partial charge in [0.2, 0.25) is 0 Å². The van der Waals surface area contributed by atoms with E-state index in [2.05, 4.69) is 5.10 Å².